The van der Waals surface area contributed by atoms with Gasteiger partial charge in [0.2, 0.25) is 5.89 Å². The Bertz CT molecular complexity index is 638. The maximum absolute atomic E-state index is 14.5. The molecule has 2 aliphatic carbocycles. The summed E-state index contributed by atoms with van der Waals surface area (Å²) in [5, 5.41) is 14.1. The molecule has 1 atom stereocenters. The number of halogens is 2. The summed E-state index contributed by atoms with van der Waals surface area (Å²) < 4.78 is 34.3. The number of hydrogen-bond donors (Lipinski definition) is 1. The van der Waals surface area contributed by atoms with Gasteiger partial charge in [0, 0.05) is 19.0 Å². The van der Waals surface area contributed by atoms with Crippen LogP contribution >= 0.6 is 0 Å². The molecule has 1 unspecified atom stereocenters. The summed E-state index contributed by atoms with van der Waals surface area (Å²) in [6, 6.07) is 0. The normalized spacial score (nSPS) is 27.0. The zero-order valence-corrected chi connectivity index (χ0v) is 13.4. The Morgan fingerprint density at radius 3 is 2.62 bits per heavy atom. The van der Waals surface area contributed by atoms with Gasteiger partial charge >= 0.3 is 5.92 Å². The molecule has 1 aliphatic heterocycles. The fourth-order valence-corrected chi connectivity index (χ4v) is 3.74. The minimum absolute atomic E-state index is 0.0303. The Balaban J connectivity index is 1.44. The van der Waals surface area contributed by atoms with Gasteiger partial charge in [-0.15, -0.1) is 0 Å². The lowest BCUT2D eigenvalue weighted by atomic mass is 9.92. The van der Waals surface area contributed by atoms with E-state index in [1.165, 1.54) is 0 Å². The second kappa shape index (κ2) is 5.47. The molecule has 3 fully saturated rings. The van der Waals surface area contributed by atoms with E-state index in [2.05, 4.69) is 10.1 Å². The molecule has 1 N–H and O–H groups in total. The number of alkyl halides is 2. The lowest BCUT2D eigenvalue weighted by molar-refractivity contribution is -0.199. The lowest BCUT2D eigenvalue weighted by Crippen LogP contribution is -2.56. The van der Waals surface area contributed by atoms with E-state index in [9.17, 15) is 18.7 Å². The first-order chi connectivity index (χ1) is 11.4. The van der Waals surface area contributed by atoms with Gasteiger partial charge in [0.25, 0.3) is 5.91 Å². The molecular formula is C16H21F2N3O3. The van der Waals surface area contributed by atoms with Gasteiger partial charge in [0.1, 0.15) is 5.60 Å². The molecule has 0 radical (unpaired) electrons. The average molecular weight is 341 g/mol. The highest BCUT2D eigenvalue weighted by Gasteiger charge is 2.60. The van der Waals surface area contributed by atoms with E-state index in [-0.39, 0.29) is 31.8 Å². The first-order valence-electron chi connectivity index (χ1n) is 8.64. The summed E-state index contributed by atoms with van der Waals surface area (Å²) in [4.78, 5) is 17.8. The van der Waals surface area contributed by atoms with Gasteiger partial charge in [0.15, 0.2) is 5.82 Å². The van der Waals surface area contributed by atoms with E-state index in [1.54, 1.807) is 0 Å². The third-order valence-electron chi connectivity index (χ3n) is 5.51. The van der Waals surface area contributed by atoms with Gasteiger partial charge in [-0.25, -0.2) is 0 Å². The first-order valence-corrected chi connectivity index (χ1v) is 8.64. The highest BCUT2D eigenvalue weighted by molar-refractivity contribution is 5.85. The molecule has 1 amide bonds. The molecule has 4 rings (SSSR count). The van der Waals surface area contributed by atoms with Crippen LogP contribution in [0.2, 0.25) is 0 Å². The van der Waals surface area contributed by atoms with Crippen LogP contribution in [0.25, 0.3) is 0 Å². The molecule has 3 aliphatic rings. The number of hydrogen-bond acceptors (Lipinski definition) is 5. The third kappa shape index (κ3) is 2.51. The van der Waals surface area contributed by atoms with E-state index in [0.717, 1.165) is 17.7 Å². The van der Waals surface area contributed by atoms with Crippen molar-refractivity contribution in [2.24, 2.45) is 0 Å². The predicted molar refractivity (Wildman–Crippen MR) is 78.6 cm³/mol. The molecule has 6 nitrogen and oxygen atoms in total. The summed E-state index contributed by atoms with van der Waals surface area (Å²) in [5.74, 6) is -3.76. The number of aliphatic hydroxyl groups is 1. The van der Waals surface area contributed by atoms with Crippen LogP contribution in [0.1, 0.15) is 68.5 Å². The molecule has 24 heavy (non-hydrogen) atoms. The molecule has 8 heteroatoms. The van der Waals surface area contributed by atoms with Crippen molar-refractivity contribution in [1.82, 2.24) is 15.0 Å². The first kappa shape index (κ1) is 15.9. The van der Waals surface area contributed by atoms with Gasteiger partial charge in [-0.05, 0) is 32.1 Å². The number of carbonyl (C=O) groups excluding carboxylic acids is 1. The maximum atomic E-state index is 14.5. The van der Waals surface area contributed by atoms with Gasteiger partial charge in [-0.2, -0.15) is 13.8 Å². The Morgan fingerprint density at radius 1 is 1.25 bits per heavy atom. The molecule has 1 aromatic rings. The zero-order valence-electron chi connectivity index (χ0n) is 13.4. The molecule has 0 bridgehead atoms. The Morgan fingerprint density at radius 2 is 1.96 bits per heavy atom. The summed E-state index contributed by atoms with van der Waals surface area (Å²) in [7, 11) is 0. The molecule has 1 aromatic heterocycles. The second-order valence-electron chi connectivity index (χ2n) is 7.31. The molecule has 0 spiro atoms. The number of rotatable bonds is 4. The van der Waals surface area contributed by atoms with Gasteiger partial charge in [0.05, 0.1) is 5.92 Å². The molecular weight excluding hydrogens is 320 g/mol. The highest BCUT2D eigenvalue weighted by Crippen LogP contribution is 2.44. The quantitative estimate of drug-likeness (QED) is 0.908. The number of nitrogens with zero attached hydrogens (tertiary/aromatic N) is 3. The van der Waals surface area contributed by atoms with Gasteiger partial charge in [-0.1, -0.05) is 18.0 Å². The van der Waals surface area contributed by atoms with Crippen LogP contribution in [0.15, 0.2) is 4.52 Å². The topological polar surface area (TPSA) is 79.5 Å². The summed E-state index contributed by atoms with van der Waals surface area (Å²) in [6.45, 7) is 0.354. The molecule has 132 valence electrons. The monoisotopic (exact) mass is 341 g/mol. The summed E-state index contributed by atoms with van der Waals surface area (Å²) in [6.07, 6.45) is 3.61. The van der Waals surface area contributed by atoms with E-state index < -0.39 is 17.4 Å². The standard InChI is InChI=1S/C16H21F2N3O3/c17-16(18,15(23)6-1-2-7-15)14(22)21-8-5-11(9-21)13-19-12(20-24-13)10-3-4-10/h10-11,23H,1-9H2. The van der Waals surface area contributed by atoms with Gasteiger partial charge < -0.3 is 14.5 Å². The van der Waals surface area contributed by atoms with Crippen LogP contribution in [0, 0.1) is 0 Å². The van der Waals surface area contributed by atoms with Crippen molar-refractivity contribution in [3.63, 3.8) is 0 Å². The van der Waals surface area contributed by atoms with Crippen LogP contribution in [0.3, 0.4) is 0 Å². The lowest BCUT2D eigenvalue weighted by Gasteiger charge is -2.33. The molecule has 1 saturated heterocycles. The SMILES string of the molecule is O=C(N1CCC(c2nc(C3CC3)no2)C1)C(F)(F)C1(O)CCCC1. The third-order valence-corrected chi connectivity index (χ3v) is 5.51. The van der Waals surface area contributed by atoms with Crippen molar-refractivity contribution in [2.75, 3.05) is 13.1 Å². The van der Waals surface area contributed by atoms with Crippen molar-refractivity contribution in [2.45, 2.75) is 68.3 Å². The fourth-order valence-electron chi connectivity index (χ4n) is 3.74. The fraction of sp³-hybridized carbons (Fsp3) is 0.812. The van der Waals surface area contributed by atoms with Crippen molar-refractivity contribution >= 4 is 5.91 Å². The number of aromatic nitrogens is 2. The van der Waals surface area contributed by atoms with Crippen molar-refractivity contribution in [3.8, 4) is 0 Å². The minimum Gasteiger partial charge on any atom is -0.383 e. The maximum Gasteiger partial charge on any atom is 0.352 e. The Kier molecular flexibility index (Phi) is 3.63. The van der Waals surface area contributed by atoms with Crippen molar-refractivity contribution in [1.29, 1.82) is 0 Å². The average Bonchev–Trinajstić information content (AvgIpc) is 2.98. The molecule has 2 saturated carbocycles. The highest BCUT2D eigenvalue weighted by atomic mass is 19.3. The smallest absolute Gasteiger partial charge is 0.352 e. The predicted octanol–water partition coefficient (Wildman–Crippen LogP) is 2.20. The van der Waals surface area contributed by atoms with Crippen LogP contribution < -0.4 is 0 Å². The number of carbonyl (C=O) groups is 1. The second-order valence-corrected chi connectivity index (χ2v) is 7.31. The van der Waals surface area contributed by atoms with Crippen LogP contribution in [0.5, 0.6) is 0 Å². The van der Waals surface area contributed by atoms with Crippen LogP contribution in [-0.4, -0.2) is 50.7 Å². The minimum atomic E-state index is -3.74. The van der Waals surface area contributed by atoms with E-state index in [1.807, 2.05) is 0 Å². The zero-order chi connectivity index (χ0) is 16.9. The summed E-state index contributed by atoms with van der Waals surface area (Å²) >= 11 is 0. The molecule has 0 aromatic carbocycles. The van der Waals surface area contributed by atoms with E-state index in [0.29, 0.717) is 36.9 Å². The van der Waals surface area contributed by atoms with Crippen molar-refractivity contribution in [3.05, 3.63) is 11.7 Å². The Labute approximate surface area is 138 Å². The Hall–Kier alpha value is -1.57. The van der Waals surface area contributed by atoms with E-state index in [4.69, 9.17) is 4.52 Å². The summed E-state index contributed by atoms with van der Waals surface area (Å²) in [5.41, 5.74) is -2.20. The molecule has 2 heterocycles. The van der Waals surface area contributed by atoms with Gasteiger partial charge in [-0.3, -0.25) is 4.79 Å². The number of likely N-dealkylation sites (tertiary alicyclic amines) is 1. The number of amides is 1. The van der Waals surface area contributed by atoms with Crippen molar-refractivity contribution < 1.29 is 23.2 Å². The largest absolute Gasteiger partial charge is 0.383 e. The van der Waals surface area contributed by atoms with Crippen LogP contribution in [0.4, 0.5) is 8.78 Å². The van der Waals surface area contributed by atoms with E-state index >= 15 is 0 Å². The van der Waals surface area contributed by atoms with Crippen LogP contribution in [-0.2, 0) is 4.79 Å².